The number of aliphatic hydroxyl groups is 2. The third kappa shape index (κ3) is 7.79. The van der Waals surface area contributed by atoms with Gasteiger partial charge in [0, 0.05) is 22.5 Å². The smallest absolute Gasteiger partial charge is 0.388 e. The quantitative estimate of drug-likeness (QED) is 0.430. The zero-order chi connectivity index (χ0) is 28.4. The molecular weight excluding hydrogens is 463 g/mol. The van der Waals surface area contributed by atoms with Crippen LogP contribution in [0.4, 0.5) is 13.2 Å². The fourth-order valence-electron chi connectivity index (χ4n) is 4.52. The lowest BCUT2D eigenvalue weighted by Crippen LogP contribution is -2.31. The van der Waals surface area contributed by atoms with Crippen LogP contribution in [-0.2, 0) is 12.6 Å². The molecule has 1 heterocycles. The number of hydrogen-bond acceptors (Lipinski definition) is 3. The van der Waals surface area contributed by atoms with Gasteiger partial charge in [-0.2, -0.15) is 13.2 Å². The highest BCUT2D eigenvalue weighted by Crippen LogP contribution is 2.46. The molecule has 36 heavy (non-hydrogen) atoms. The lowest BCUT2D eigenvalue weighted by atomic mass is 9.70. The second-order valence-corrected chi connectivity index (χ2v) is 9.13. The van der Waals surface area contributed by atoms with Gasteiger partial charge in [-0.3, -0.25) is 4.98 Å². The van der Waals surface area contributed by atoms with E-state index in [1.54, 1.807) is 0 Å². The summed E-state index contributed by atoms with van der Waals surface area (Å²) in [4.78, 5) is 4.87. The van der Waals surface area contributed by atoms with Crippen LogP contribution < -0.4 is 0 Å². The molecule has 0 bridgehead atoms. The Labute approximate surface area is 217 Å². The summed E-state index contributed by atoms with van der Waals surface area (Å²) in [6, 6.07) is 4.58. The minimum absolute atomic E-state index is 0.0139. The highest BCUT2D eigenvalue weighted by molar-refractivity contribution is 5.48. The molecule has 0 saturated carbocycles. The highest BCUT2D eigenvalue weighted by Gasteiger charge is 2.38. The molecule has 1 aromatic carbocycles. The van der Waals surface area contributed by atoms with Crippen LogP contribution >= 0.6 is 0 Å². The van der Waals surface area contributed by atoms with Crippen LogP contribution in [-0.4, -0.2) is 15.2 Å². The van der Waals surface area contributed by atoms with E-state index in [4.69, 9.17) is 4.98 Å². The summed E-state index contributed by atoms with van der Waals surface area (Å²) >= 11 is 0. The van der Waals surface area contributed by atoms with Crippen molar-refractivity contribution in [1.29, 1.82) is 0 Å². The molecular formula is C30H48F3NO2. The fraction of sp³-hybridized carbons (Fsp3) is 0.633. The van der Waals surface area contributed by atoms with E-state index in [9.17, 15) is 23.4 Å². The molecule has 3 atom stereocenters. The number of pyridine rings is 1. The maximum atomic E-state index is 12.9. The van der Waals surface area contributed by atoms with Gasteiger partial charge in [0.25, 0.3) is 0 Å². The first-order valence-electron chi connectivity index (χ1n) is 13.4. The number of hydrogen-bond donors (Lipinski definition) is 2. The highest BCUT2D eigenvalue weighted by atomic mass is 19.4. The molecule has 0 saturated heterocycles. The maximum absolute atomic E-state index is 12.9. The SMILES string of the molecule is CC.CC.CC.CCC1(C)Cc2nc(C(C)C)c(C(O)c3ccc(C(F)(F)F)cc3)c(C)c2C(O)C1. The molecule has 206 valence electrons. The van der Waals surface area contributed by atoms with Gasteiger partial charge in [-0.15, -0.1) is 0 Å². The standard InChI is InChI=1S/C24H30F3NO2.3C2H6/c1-6-23(5)11-17-19(18(29)12-23)14(4)20(21(28-17)13(2)3)22(30)15-7-9-16(10-8-15)24(25,26)27;3*1-2/h7-10,13,18,22,29-30H,6,11-12H2,1-5H3;3*1-2H3. The first-order valence-corrected chi connectivity index (χ1v) is 13.4. The topological polar surface area (TPSA) is 53.4 Å². The Morgan fingerprint density at radius 3 is 1.94 bits per heavy atom. The van der Waals surface area contributed by atoms with Crippen molar-refractivity contribution in [2.24, 2.45) is 5.41 Å². The summed E-state index contributed by atoms with van der Waals surface area (Å²) in [5, 5.41) is 22.0. The van der Waals surface area contributed by atoms with Crippen molar-refractivity contribution in [2.75, 3.05) is 0 Å². The molecule has 2 N–H and O–H groups in total. The minimum Gasteiger partial charge on any atom is -0.388 e. The summed E-state index contributed by atoms with van der Waals surface area (Å²) < 4.78 is 38.7. The van der Waals surface area contributed by atoms with E-state index >= 15 is 0 Å². The van der Waals surface area contributed by atoms with E-state index in [2.05, 4.69) is 13.8 Å². The first kappa shape index (κ1) is 34.1. The summed E-state index contributed by atoms with van der Waals surface area (Å²) in [6.45, 7) is 22.1. The number of fused-ring (bicyclic) bond motifs is 1. The summed E-state index contributed by atoms with van der Waals surface area (Å²) in [5.74, 6) is 0.0139. The van der Waals surface area contributed by atoms with Gasteiger partial charge in [-0.25, -0.2) is 0 Å². The summed E-state index contributed by atoms with van der Waals surface area (Å²) in [5.41, 5.74) is 3.30. The van der Waals surface area contributed by atoms with Crippen LogP contribution in [0, 0.1) is 12.3 Å². The molecule has 0 amide bonds. The molecule has 1 aliphatic rings. The Kier molecular flexibility index (Phi) is 13.9. The number of rotatable bonds is 4. The zero-order valence-corrected chi connectivity index (χ0v) is 24.1. The molecule has 0 spiro atoms. The number of aliphatic hydroxyl groups excluding tert-OH is 2. The molecule has 2 aromatic rings. The molecule has 3 unspecified atom stereocenters. The second kappa shape index (κ2) is 14.7. The van der Waals surface area contributed by atoms with E-state index in [-0.39, 0.29) is 11.3 Å². The zero-order valence-electron chi connectivity index (χ0n) is 24.1. The van der Waals surface area contributed by atoms with Gasteiger partial charge >= 0.3 is 6.18 Å². The number of benzene rings is 1. The van der Waals surface area contributed by atoms with Gasteiger partial charge in [0.2, 0.25) is 0 Å². The van der Waals surface area contributed by atoms with Crippen LogP contribution in [0.3, 0.4) is 0 Å². The molecule has 3 nitrogen and oxygen atoms in total. The third-order valence-corrected chi connectivity index (χ3v) is 6.49. The molecule has 0 fully saturated rings. The molecule has 3 rings (SSSR count). The van der Waals surface area contributed by atoms with Gasteiger partial charge in [-0.05, 0) is 54.4 Å². The Morgan fingerprint density at radius 2 is 1.53 bits per heavy atom. The molecule has 0 radical (unpaired) electrons. The van der Waals surface area contributed by atoms with Crippen LogP contribution in [0.5, 0.6) is 0 Å². The number of alkyl halides is 3. The van der Waals surface area contributed by atoms with Crippen molar-refractivity contribution < 1.29 is 23.4 Å². The Hall–Kier alpha value is -1.92. The fourth-order valence-corrected chi connectivity index (χ4v) is 4.52. The average Bonchev–Trinajstić information content (AvgIpc) is 2.86. The van der Waals surface area contributed by atoms with Crippen LogP contribution in [0.15, 0.2) is 24.3 Å². The van der Waals surface area contributed by atoms with Gasteiger partial charge in [-0.1, -0.05) is 87.8 Å². The van der Waals surface area contributed by atoms with Crippen molar-refractivity contribution in [3.05, 3.63) is 63.5 Å². The largest absolute Gasteiger partial charge is 0.416 e. The van der Waals surface area contributed by atoms with Crippen molar-refractivity contribution >= 4 is 0 Å². The Bertz CT molecular complexity index is 923. The third-order valence-electron chi connectivity index (χ3n) is 6.49. The van der Waals surface area contributed by atoms with Crippen LogP contribution in [0.2, 0.25) is 0 Å². The van der Waals surface area contributed by atoms with Crippen molar-refractivity contribution in [3.8, 4) is 0 Å². The summed E-state index contributed by atoms with van der Waals surface area (Å²) in [7, 11) is 0. The number of aromatic nitrogens is 1. The predicted octanol–water partition coefficient (Wildman–Crippen LogP) is 9.09. The Morgan fingerprint density at radius 1 is 1.03 bits per heavy atom. The van der Waals surface area contributed by atoms with Crippen molar-refractivity contribution in [2.45, 2.75) is 120 Å². The number of halogens is 3. The van der Waals surface area contributed by atoms with Crippen LogP contribution in [0.25, 0.3) is 0 Å². The lowest BCUT2D eigenvalue weighted by molar-refractivity contribution is -0.137. The second-order valence-electron chi connectivity index (χ2n) is 9.13. The van der Waals surface area contributed by atoms with Gasteiger partial charge < -0.3 is 10.2 Å². The van der Waals surface area contributed by atoms with E-state index in [1.165, 1.54) is 12.1 Å². The molecule has 1 aliphatic carbocycles. The van der Waals surface area contributed by atoms with E-state index in [0.29, 0.717) is 17.5 Å². The predicted molar refractivity (Wildman–Crippen MR) is 144 cm³/mol. The van der Waals surface area contributed by atoms with Crippen LogP contribution in [0.1, 0.15) is 139 Å². The molecule has 6 heteroatoms. The van der Waals surface area contributed by atoms with E-state index < -0.39 is 23.9 Å². The van der Waals surface area contributed by atoms with Gasteiger partial charge in [0.1, 0.15) is 6.10 Å². The van der Waals surface area contributed by atoms with Crippen molar-refractivity contribution in [1.82, 2.24) is 4.98 Å². The Balaban J connectivity index is 0.00000190. The molecule has 1 aromatic heterocycles. The van der Waals surface area contributed by atoms with Gasteiger partial charge in [0.05, 0.1) is 11.7 Å². The lowest BCUT2D eigenvalue weighted by Gasteiger charge is -2.38. The van der Waals surface area contributed by atoms with Crippen molar-refractivity contribution in [3.63, 3.8) is 0 Å². The number of nitrogens with zero attached hydrogens (tertiary/aromatic N) is 1. The normalized spacial score (nSPS) is 19.5. The molecule has 0 aliphatic heterocycles. The summed E-state index contributed by atoms with van der Waals surface area (Å²) in [6.07, 6.45) is -3.91. The average molecular weight is 512 g/mol. The van der Waals surface area contributed by atoms with E-state index in [0.717, 1.165) is 47.5 Å². The monoisotopic (exact) mass is 511 g/mol. The first-order chi connectivity index (χ1) is 16.9. The minimum atomic E-state index is -4.42. The maximum Gasteiger partial charge on any atom is 0.416 e. The van der Waals surface area contributed by atoms with Gasteiger partial charge in [0.15, 0.2) is 0 Å². The van der Waals surface area contributed by atoms with E-state index in [1.807, 2.05) is 62.3 Å².